The lowest BCUT2D eigenvalue weighted by Gasteiger charge is -2.34. The number of carbonyl (C=O) groups is 2. The highest BCUT2D eigenvalue weighted by Gasteiger charge is 2.29. The molecule has 3 N–H and O–H groups in total. The second-order valence-corrected chi connectivity index (χ2v) is 10.2. The topological polar surface area (TPSA) is 130 Å². The van der Waals surface area contributed by atoms with Crippen LogP contribution in [0.15, 0.2) is 59.1 Å². The molecule has 1 saturated heterocycles. The van der Waals surface area contributed by atoms with Crippen LogP contribution in [0.3, 0.4) is 0 Å². The number of amides is 2. The summed E-state index contributed by atoms with van der Waals surface area (Å²) in [6.07, 6.45) is 0. The number of hydrogen-bond acceptors (Lipinski definition) is 8. The number of nitrogens with two attached hydrogens (primary N) is 1. The van der Waals surface area contributed by atoms with Gasteiger partial charge in [-0.25, -0.2) is 9.97 Å². The van der Waals surface area contributed by atoms with E-state index in [1.165, 1.54) is 0 Å². The molecule has 2 aromatic heterocycles. The molecule has 1 aliphatic heterocycles. The van der Waals surface area contributed by atoms with E-state index in [1.54, 1.807) is 6.92 Å². The fourth-order valence-electron chi connectivity index (χ4n) is 4.90. The number of primary amides is 1. The van der Waals surface area contributed by atoms with Gasteiger partial charge < -0.3 is 20.5 Å². The van der Waals surface area contributed by atoms with Gasteiger partial charge in [-0.3, -0.25) is 14.5 Å². The van der Waals surface area contributed by atoms with Gasteiger partial charge in [0.15, 0.2) is 0 Å². The van der Waals surface area contributed by atoms with Crippen molar-refractivity contribution in [1.82, 2.24) is 24.9 Å². The molecule has 4 aromatic rings. The van der Waals surface area contributed by atoms with Crippen molar-refractivity contribution in [3.8, 4) is 11.3 Å². The third-order valence-corrected chi connectivity index (χ3v) is 7.06. The van der Waals surface area contributed by atoms with Crippen LogP contribution in [0.4, 0.5) is 5.82 Å². The Morgan fingerprint density at radius 2 is 1.69 bits per heavy atom. The van der Waals surface area contributed by atoms with Crippen molar-refractivity contribution in [2.24, 2.45) is 11.7 Å². The van der Waals surface area contributed by atoms with E-state index in [2.05, 4.69) is 15.4 Å². The summed E-state index contributed by atoms with van der Waals surface area (Å²) in [6, 6.07) is 16.8. The molecule has 202 valence electrons. The van der Waals surface area contributed by atoms with Gasteiger partial charge in [-0.1, -0.05) is 61.5 Å². The van der Waals surface area contributed by atoms with E-state index in [4.69, 9.17) is 20.2 Å². The average Bonchev–Trinajstić information content (AvgIpc) is 3.33. The minimum absolute atomic E-state index is 0.00163. The van der Waals surface area contributed by atoms with Gasteiger partial charge in [0.1, 0.15) is 34.7 Å². The standard InChI is InChI=1S/C29H33N7O3/c1-18(2)25(27(30)37)33-28-21-11-7-8-12-22(21)31-23(32-28)17-35-13-15-36(16-14-35)29(38)24-19(3)39-34-26(24)20-9-5-4-6-10-20/h4-12,18,25H,13-17H2,1-3H3,(H2,30,37)(H,31,32,33)/t25-/m0/s1. The number of anilines is 1. The maximum absolute atomic E-state index is 13.5. The predicted molar refractivity (Wildman–Crippen MR) is 149 cm³/mol. The molecule has 39 heavy (non-hydrogen) atoms. The van der Waals surface area contributed by atoms with E-state index in [1.807, 2.05) is 73.3 Å². The zero-order valence-electron chi connectivity index (χ0n) is 22.4. The van der Waals surface area contributed by atoms with Crippen molar-refractivity contribution in [3.05, 3.63) is 71.7 Å². The molecule has 0 aliphatic carbocycles. The van der Waals surface area contributed by atoms with Crippen LogP contribution >= 0.6 is 0 Å². The van der Waals surface area contributed by atoms with Gasteiger partial charge in [0.25, 0.3) is 5.91 Å². The monoisotopic (exact) mass is 527 g/mol. The summed E-state index contributed by atoms with van der Waals surface area (Å²) in [5.74, 6) is 1.26. The van der Waals surface area contributed by atoms with Crippen LogP contribution < -0.4 is 11.1 Å². The Labute approximate surface area is 227 Å². The molecular formula is C29H33N7O3. The second-order valence-electron chi connectivity index (χ2n) is 10.2. The van der Waals surface area contributed by atoms with Crippen LogP contribution in [0.1, 0.15) is 35.8 Å². The van der Waals surface area contributed by atoms with Gasteiger partial charge in [-0.2, -0.15) is 0 Å². The first kappa shape index (κ1) is 26.3. The molecule has 0 saturated carbocycles. The van der Waals surface area contributed by atoms with Crippen LogP contribution in [0.5, 0.6) is 0 Å². The molecule has 0 bridgehead atoms. The lowest BCUT2D eigenvalue weighted by molar-refractivity contribution is -0.119. The molecule has 3 heterocycles. The maximum atomic E-state index is 13.5. The molecule has 0 spiro atoms. The van der Waals surface area contributed by atoms with E-state index >= 15 is 0 Å². The summed E-state index contributed by atoms with van der Waals surface area (Å²) >= 11 is 0. The van der Waals surface area contributed by atoms with Crippen molar-refractivity contribution in [3.63, 3.8) is 0 Å². The highest BCUT2D eigenvalue weighted by molar-refractivity contribution is 6.00. The number of nitrogens with one attached hydrogen (secondary N) is 1. The summed E-state index contributed by atoms with van der Waals surface area (Å²) in [7, 11) is 0. The maximum Gasteiger partial charge on any atom is 0.259 e. The molecule has 2 aromatic carbocycles. The van der Waals surface area contributed by atoms with Gasteiger partial charge in [0.2, 0.25) is 5.91 Å². The van der Waals surface area contributed by atoms with Crippen molar-refractivity contribution in [1.29, 1.82) is 0 Å². The molecule has 5 rings (SSSR count). The zero-order chi connectivity index (χ0) is 27.5. The molecule has 2 amide bonds. The number of aryl methyl sites for hydroxylation is 1. The lowest BCUT2D eigenvalue weighted by Crippen LogP contribution is -2.48. The fourth-order valence-corrected chi connectivity index (χ4v) is 4.90. The molecule has 10 heteroatoms. The summed E-state index contributed by atoms with van der Waals surface area (Å²) in [5, 5.41) is 8.25. The van der Waals surface area contributed by atoms with Gasteiger partial charge in [-0.15, -0.1) is 0 Å². The molecule has 1 aliphatic rings. The zero-order valence-corrected chi connectivity index (χ0v) is 22.4. The first-order valence-electron chi connectivity index (χ1n) is 13.2. The summed E-state index contributed by atoms with van der Waals surface area (Å²) in [6.45, 7) is 8.65. The number of hydrogen-bond donors (Lipinski definition) is 2. The molecule has 10 nitrogen and oxygen atoms in total. The first-order chi connectivity index (χ1) is 18.8. The van der Waals surface area contributed by atoms with E-state index in [0.717, 1.165) is 16.5 Å². The summed E-state index contributed by atoms with van der Waals surface area (Å²) in [4.78, 5) is 39.1. The molecule has 0 unspecified atom stereocenters. The summed E-state index contributed by atoms with van der Waals surface area (Å²) in [5.41, 5.74) is 8.37. The predicted octanol–water partition coefficient (Wildman–Crippen LogP) is 3.47. The molecule has 0 radical (unpaired) electrons. The number of nitrogens with zero attached hydrogens (tertiary/aromatic N) is 5. The van der Waals surface area contributed by atoms with E-state index in [-0.39, 0.29) is 11.8 Å². The van der Waals surface area contributed by atoms with Gasteiger partial charge in [0, 0.05) is 37.1 Å². The number of aromatic nitrogens is 3. The number of rotatable bonds is 8. The highest BCUT2D eigenvalue weighted by atomic mass is 16.5. The van der Waals surface area contributed by atoms with E-state index < -0.39 is 11.9 Å². The minimum Gasteiger partial charge on any atom is -0.368 e. The van der Waals surface area contributed by atoms with Gasteiger partial charge in [0.05, 0.1) is 12.1 Å². The Balaban J connectivity index is 1.30. The highest BCUT2D eigenvalue weighted by Crippen LogP contribution is 2.27. The average molecular weight is 528 g/mol. The van der Waals surface area contributed by atoms with Crippen LogP contribution in [0.2, 0.25) is 0 Å². The van der Waals surface area contributed by atoms with Crippen molar-refractivity contribution < 1.29 is 14.1 Å². The van der Waals surface area contributed by atoms with Crippen molar-refractivity contribution in [2.75, 3.05) is 31.5 Å². The quantitative estimate of drug-likeness (QED) is 0.356. The van der Waals surface area contributed by atoms with Gasteiger partial charge in [-0.05, 0) is 25.0 Å². The van der Waals surface area contributed by atoms with Crippen molar-refractivity contribution >= 4 is 28.5 Å². The third-order valence-electron chi connectivity index (χ3n) is 7.06. The fraction of sp³-hybridized carbons (Fsp3) is 0.345. The van der Waals surface area contributed by atoms with E-state index in [0.29, 0.717) is 61.4 Å². The minimum atomic E-state index is -0.549. The largest absolute Gasteiger partial charge is 0.368 e. The summed E-state index contributed by atoms with van der Waals surface area (Å²) < 4.78 is 5.41. The smallest absolute Gasteiger partial charge is 0.259 e. The Morgan fingerprint density at radius 3 is 2.38 bits per heavy atom. The van der Waals surface area contributed by atoms with Crippen LogP contribution in [-0.2, 0) is 11.3 Å². The number of fused-ring (bicyclic) bond motifs is 1. The third kappa shape index (κ3) is 5.61. The Morgan fingerprint density at radius 1 is 1.00 bits per heavy atom. The number of piperazine rings is 1. The molecule has 1 fully saturated rings. The lowest BCUT2D eigenvalue weighted by atomic mass is 10.0. The Hall–Kier alpha value is -4.31. The van der Waals surface area contributed by atoms with Crippen molar-refractivity contribution in [2.45, 2.75) is 33.4 Å². The number of para-hydroxylation sites is 1. The Kier molecular flexibility index (Phi) is 7.56. The second kappa shape index (κ2) is 11.2. The molecule has 1 atom stereocenters. The van der Waals surface area contributed by atoms with Crippen LogP contribution in [0, 0.1) is 12.8 Å². The number of carbonyl (C=O) groups excluding carboxylic acids is 2. The van der Waals surface area contributed by atoms with Crippen LogP contribution in [0.25, 0.3) is 22.2 Å². The van der Waals surface area contributed by atoms with E-state index in [9.17, 15) is 9.59 Å². The Bertz CT molecular complexity index is 1480. The normalized spacial score (nSPS) is 15.0. The molecular weight excluding hydrogens is 494 g/mol. The first-order valence-corrected chi connectivity index (χ1v) is 13.2. The van der Waals surface area contributed by atoms with Gasteiger partial charge >= 0.3 is 0 Å². The van der Waals surface area contributed by atoms with Crippen LogP contribution in [-0.4, -0.2) is 69.0 Å². The SMILES string of the molecule is Cc1onc(-c2ccccc2)c1C(=O)N1CCN(Cc2nc(N[C@H](C(N)=O)C(C)C)c3ccccc3n2)CC1. The number of benzene rings is 2.